The second-order valence-electron chi connectivity index (χ2n) is 7.09. The average Bonchev–Trinajstić information content (AvgIpc) is 2.89. The third-order valence-electron chi connectivity index (χ3n) is 5.21. The van der Waals surface area contributed by atoms with Gasteiger partial charge in [0.15, 0.2) is 0 Å². The lowest BCUT2D eigenvalue weighted by Gasteiger charge is -2.19. The number of amides is 3. The molecule has 1 aromatic rings. The highest BCUT2D eigenvalue weighted by Crippen LogP contribution is 2.37. The molecule has 0 bridgehead atoms. The van der Waals surface area contributed by atoms with Gasteiger partial charge in [0.2, 0.25) is 17.7 Å². The molecule has 6 heteroatoms. The molecule has 1 N–H and O–H groups in total. The molecule has 0 spiro atoms. The predicted octanol–water partition coefficient (Wildman–Crippen LogP) is 2.06. The summed E-state index contributed by atoms with van der Waals surface area (Å²) in [5.74, 6) is 0.114. The molecule has 1 saturated carbocycles. The van der Waals surface area contributed by atoms with Crippen LogP contribution in [-0.4, -0.2) is 42.3 Å². The van der Waals surface area contributed by atoms with Crippen molar-refractivity contribution in [2.45, 2.75) is 39.0 Å². The van der Waals surface area contributed by atoms with Crippen molar-refractivity contribution in [3.8, 4) is 5.75 Å². The maximum Gasteiger partial charge on any atom is 0.233 e. The van der Waals surface area contributed by atoms with Crippen LogP contribution < -0.4 is 10.1 Å². The zero-order valence-corrected chi connectivity index (χ0v) is 15.2. The van der Waals surface area contributed by atoms with Gasteiger partial charge in [0.1, 0.15) is 12.4 Å². The highest BCUT2D eigenvalue weighted by Gasteiger charge is 2.47. The minimum Gasteiger partial charge on any atom is -0.492 e. The highest BCUT2D eigenvalue weighted by atomic mass is 16.5. The number of hydrogen-bond acceptors (Lipinski definition) is 4. The van der Waals surface area contributed by atoms with E-state index < -0.39 is 0 Å². The fraction of sp³-hybridized carbons (Fsp3) is 0.550. The number of aryl methyl sites for hydroxylation is 1. The van der Waals surface area contributed by atoms with Crippen LogP contribution >= 0.6 is 0 Å². The van der Waals surface area contributed by atoms with Gasteiger partial charge in [0.25, 0.3) is 0 Å². The molecule has 0 unspecified atom stereocenters. The fourth-order valence-corrected chi connectivity index (χ4v) is 3.75. The molecule has 140 valence electrons. The Balaban J connectivity index is 1.37. The van der Waals surface area contributed by atoms with E-state index in [0.29, 0.717) is 13.2 Å². The van der Waals surface area contributed by atoms with Gasteiger partial charge < -0.3 is 10.1 Å². The minimum absolute atomic E-state index is 0.0878. The van der Waals surface area contributed by atoms with Crippen LogP contribution in [0, 0.1) is 18.8 Å². The summed E-state index contributed by atoms with van der Waals surface area (Å²) in [7, 11) is 0. The van der Waals surface area contributed by atoms with Crippen molar-refractivity contribution < 1.29 is 19.1 Å². The third-order valence-corrected chi connectivity index (χ3v) is 5.21. The molecule has 1 aliphatic heterocycles. The first kappa shape index (κ1) is 18.4. The lowest BCUT2D eigenvalue weighted by Crippen LogP contribution is -2.36. The Morgan fingerprint density at radius 2 is 1.73 bits per heavy atom. The third kappa shape index (κ3) is 4.23. The standard InChI is InChI=1S/C20H26N2O4/c1-14-6-8-15(9-7-14)26-13-11-21-18(23)10-12-22-19(24)16-4-2-3-5-17(16)20(22)25/h6-9,16-17H,2-5,10-13H2,1H3,(H,21,23)/t16-,17-/m0/s1. The Bertz CT molecular complexity index is 647. The molecule has 26 heavy (non-hydrogen) atoms. The van der Waals surface area contributed by atoms with Crippen LogP contribution in [0.2, 0.25) is 0 Å². The SMILES string of the molecule is Cc1ccc(OCCNC(=O)CCN2C(=O)[C@H]3CCCC[C@@H]3C2=O)cc1. The van der Waals surface area contributed by atoms with Gasteiger partial charge in [-0.1, -0.05) is 30.5 Å². The number of ether oxygens (including phenoxy) is 1. The van der Waals surface area contributed by atoms with E-state index in [-0.39, 0.29) is 42.5 Å². The number of hydrogen-bond donors (Lipinski definition) is 1. The Morgan fingerprint density at radius 3 is 2.35 bits per heavy atom. The van der Waals surface area contributed by atoms with Gasteiger partial charge >= 0.3 is 0 Å². The van der Waals surface area contributed by atoms with E-state index in [9.17, 15) is 14.4 Å². The number of nitrogens with one attached hydrogen (secondary N) is 1. The first-order chi connectivity index (χ1) is 12.6. The summed E-state index contributed by atoms with van der Waals surface area (Å²) in [6.07, 6.45) is 3.76. The zero-order chi connectivity index (χ0) is 18.5. The van der Waals surface area contributed by atoms with Crippen molar-refractivity contribution in [1.29, 1.82) is 0 Å². The molecule has 3 amide bonds. The van der Waals surface area contributed by atoms with Crippen molar-refractivity contribution in [3.63, 3.8) is 0 Å². The van der Waals surface area contributed by atoms with Crippen LogP contribution in [0.3, 0.4) is 0 Å². The zero-order valence-electron chi connectivity index (χ0n) is 15.2. The van der Waals surface area contributed by atoms with E-state index >= 15 is 0 Å². The smallest absolute Gasteiger partial charge is 0.233 e. The van der Waals surface area contributed by atoms with Crippen LogP contribution in [0.1, 0.15) is 37.7 Å². The van der Waals surface area contributed by atoms with Gasteiger partial charge in [-0.15, -0.1) is 0 Å². The van der Waals surface area contributed by atoms with Crippen LogP contribution in [0.15, 0.2) is 24.3 Å². The molecule has 2 atom stereocenters. The number of carbonyl (C=O) groups excluding carboxylic acids is 3. The number of carbonyl (C=O) groups is 3. The summed E-state index contributed by atoms with van der Waals surface area (Å²) in [5, 5.41) is 2.77. The van der Waals surface area contributed by atoms with Crippen LogP contribution in [0.4, 0.5) is 0 Å². The van der Waals surface area contributed by atoms with Gasteiger partial charge in [-0.05, 0) is 31.9 Å². The molecular formula is C20H26N2O4. The molecule has 1 heterocycles. The van der Waals surface area contributed by atoms with E-state index in [1.807, 2.05) is 31.2 Å². The first-order valence-electron chi connectivity index (χ1n) is 9.37. The molecule has 0 aromatic heterocycles. The van der Waals surface area contributed by atoms with Crippen molar-refractivity contribution >= 4 is 17.7 Å². The van der Waals surface area contributed by atoms with E-state index in [0.717, 1.165) is 37.0 Å². The molecule has 3 rings (SSSR count). The topological polar surface area (TPSA) is 75.7 Å². The summed E-state index contributed by atoms with van der Waals surface area (Å²) in [6, 6.07) is 7.72. The van der Waals surface area contributed by atoms with Crippen molar-refractivity contribution in [2.24, 2.45) is 11.8 Å². The van der Waals surface area contributed by atoms with Gasteiger partial charge in [-0.25, -0.2) is 0 Å². The Kier molecular flexibility index (Phi) is 5.91. The second kappa shape index (κ2) is 8.34. The first-order valence-corrected chi connectivity index (χ1v) is 9.37. The Hall–Kier alpha value is -2.37. The average molecular weight is 358 g/mol. The van der Waals surface area contributed by atoms with Crippen LogP contribution in [0.5, 0.6) is 5.75 Å². The van der Waals surface area contributed by atoms with Crippen molar-refractivity contribution in [2.75, 3.05) is 19.7 Å². The second-order valence-corrected chi connectivity index (χ2v) is 7.09. The van der Waals surface area contributed by atoms with E-state index in [1.165, 1.54) is 4.90 Å². The number of rotatable bonds is 7. The Labute approximate surface area is 153 Å². The molecule has 1 saturated heterocycles. The summed E-state index contributed by atoms with van der Waals surface area (Å²) < 4.78 is 5.55. The summed E-state index contributed by atoms with van der Waals surface area (Å²) in [4.78, 5) is 38.0. The highest BCUT2D eigenvalue weighted by molar-refractivity contribution is 6.05. The maximum absolute atomic E-state index is 12.4. The van der Waals surface area contributed by atoms with Gasteiger partial charge in [-0.3, -0.25) is 19.3 Å². The van der Waals surface area contributed by atoms with E-state index in [4.69, 9.17) is 4.74 Å². The largest absolute Gasteiger partial charge is 0.492 e. The molecule has 1 aromatic carbocycles. The number of nitrogens with zero attached hydrogens (tertiary/aromatic N) is 1. The number of likely N-dealkylation sites (tertiary alicyclic amines) is 1. The Morgan fingerprint density at radius 1 is 1.12 bits per heavy atom. The molecule has 1 aliphatic carbocycles. The van der Waals surface area contributed by atoms with Crippen molar-refractivity contribution in [1.82, 2.24) is 10.2 Å². The fourth-order valence-electron chi connectivity index (χ4n) is 3.75. The van der Waals surface area contributed by atoms with Gasteiger partial charge in [0, 0.05) is 13.0 Å². The molecule has 2 aliphatic rings. The van der Waals surface area contributed by atoms with Crippen LogP contribution in [-0.2, 0) is 14.4 Å². The summed E-state index contributed by atoms with van der Waals surface area (Å²) in [5.41, 5.74) is 1.16. The molecule has 6 nitrogen and oxygen atoms in total. The summed E-state index contributed by atoms with van der Waals surface area (Å²) >= 11 is 0. The van der Waals surface area contributed by atoms with E-state index in [2.05, 4.69) is 5.32 Å². The van der Waals surface area contributed by atoms with Crippen molar-refractivity contribution in [3.05, 3.63) is 29.8 Å². The van der Waals surface area contributed by atoms with Gasteiger partial charge in [-0.2, -0.15) is 0 Å². The van der Waals surface area contributed by atoms with E-state index in [1.54, 1.807) is 0 Å². The normalized spacial score (nSPS) is 22.3. The predicted molar refractivity (Wildman–Crippen MR) is 96.5 cm³/mol. The number of benzene rings is 1. The lowest BCUT2D eigenvalue weighted by molar-refractivity contribution is -0.140. The number of imide groups is 1. The minimum atomic E-state index is -0.173. The lowest BCUT2D eigenvalue weighted by atomic mass is 9.81. The maximum atomic E-state index is 12.4. The quantitative estimate of drug-likeness (QED) is 0.598. The number of fused-ring (bicyclic) bond motifs is 1. The molecule has 0 radical (unpaired) electrons. The van der Waals surface area contributed by atoms with Crippen LogP contribution in [0.25, 0.3) is 0 Å². The monoisotopic (exact) mass is 358 g/mol. The molecule has 2 fully saturated rings. The van der Waals surface area contributed by atoms with Gasteiger partial charge in [0.05, 0.1) is 18.4 Å². The summed E-state index contributed by atoms with van der Waals surface area (Å²) in [6.45, 7) is 2.95. The molecular weight excluding hydrogens is 332 g/mol.